The molecule has 0 saturated heterocycles. The van der Waals surface area contributed by atoms with Crippen molar-refractivity contribution in [2.24, 2.45) is 7.05 Å². The van der Waals surface area contributed by atoms with E-state index in [1.807, 2.05) is 42.6 Å². The van der Waals surface area contributed by atoms with E-state index in [2.05, 4.69) is 21.7 Å². The van der Waals surface area contributed by atoms with Crippen molar-refractivity contribution < 1.29 is 4.74 Å². The first-order valence-corrected chi connectivity index (χ1v) is 10.8. The lowest BCUT2D eigenvalue weighted by Gasteiger charge is -2.08. The second kappa shape index (κ2) is 8.93. The highest BCUT2D eigenvalue weighted by molar-refractivity contribution is 5.75. The molecule has 0 aliphatic heterocycles. The van der Waals surface area contributed by atoms with Crippen molar-refractivity contribution in [2.45, 2.75) is 46.2 Å². The quantitative estimate of drug-likeness (QED) is 0.388. The Kier molecular flexibility index (Phi) is 6.08. The van der Waals surface area contributed by atoms with Crippen LogP contribution in [0.25, 0.3) is 16.9 Å². The van der Waals surface area contributed by atoms with E-state index in [1.54, 1.807) is 7.05 Å². The number of imidazole rings is 2. The van der Waals surface area contributed by atoms with Crippen LogP contribution in [0.1, 0.15) is 31.0 Å². The molecule has 3 aromatic heterocycles. The number of nitrogens with zero attached hydrogens (tertiary/aromatic N) is 5. The Morgan fingerprint density at radius 2 is 1.77 bits per heavy atom. The van der Waals surface area contributed by atoms with Crippen molar-refractivity contribution in [3.05, 3.63) is 68.6 Å². The number of ether oxygens (including phenoxy) is 1. The first-order chi connectivity index (χ1) is 15.0. The van der Waals surface area contributed by atoms with Gasteiger partial charge in [-0.1, -0.05) is 30.3 Å². The smallest absolute Gasteiger partial charge is 0.332 e. The molecule has 0 radical (unpaired) electrons. The van der Waals surface area contributed by atoms with Gasteiger partial charge in [0.1, 0.15) is 0 Å². The fourth-order valence-electron chi connectivity index (χ4n) is 4.08. The number of rotatable bonds is 9. The normalized spacial score (nSPS) is 11.7. The summed E-state index contributed by atoms with van der Waals surface area (Å²) < 4.78 is 12.1. The van der Waals surface area contributed by atoms with Gasteiger partial charge in [0.05, 0.1) is 0 Å². The van der Waals surface area contributed by atoms with Gasteiger partial charge in [0.2, 0.25) is 5.78 Å². The summed E-state index contributed by atoms with van der Waals surface area (Å²) in [7, 11) is 1.68. The lowest BCUT2D eigenvalue weighted by atomic mass is 10.1. The molecule has 0 unspecified atom stereocenters. The third-order valence-corrected chi connectivity index (χ3v) is 5.70. The van der Waals surface area contributed by atoms with Gasteiger partial charge in [-0.05, 0) is 38.7 Å². The van der Waals surface area contributed by atoms with Crippen molar-refractivity contribution in [1.82, 2.24) is 23.1 Å². The number of aryl methyl sites for hydroxylation is 4. The molecule has 0 atom stereocenters. The number of aromatic nitrogens is 5. The average Bonchev–Trinajstić information content (AvgIpc) is 3.28. The van der Waals surface area contributed by atoms with Crippen LogP contribution in [0.2, 0.25) is 0 Å². The van der Waals surface area contributed by atoms with Crippen LogP contribution in [-0.4, -0.2) is 36.3 Å². The Morgan fingerprint density at radius 3 is 2.52 bits per heavy atom. The molecule has 0 bridgehead atoms. The second-order valence-corrected chi connectivity index (χ2v) is 7.81. The molecular formula is C23H29N5O3. The summed E-state index contributed by atoms with van der Waals surface area (Å²) in [6, 6.07) is 10.1. The van der Waals surface area contributed by atoms with Gasteiger partial charge in [-0.25, -0.2) is 4.79 Å². The molecule has 0 aliphatic carbocycles. The standard InChI is InChI=1S/C23H29N5O3/c1-4-31-15-9-14-26-17(2)16-28-19-20(24-22(26)28)25(3)23(30)27(21(19)29)13-8-12-18-10-6-5-7-11-18/h5-7,10-11,16H,4,8-9,12-15H2,1-3H3. The number of benzene rings is 1. The van der Waals surface area contributed by atoms with Crippen molar-refractivity contribution in [2.75, 3.05) is 13.2 Å². The number of fused-ring (bicyclic) bond motifs is 3. The largest absolute Gasteiger partial charge is 0.382 e. The number of hydrogen-bond acceptors (Lipinski definition) is 4. The van der Waals surface area contributed by atoms with E-state index >= 15 is 0 Å². The first kappa shape index (κ1) is 21.1. The maximum Gasteiger partial charge on any atom is 0.332 e. The van der Waals surface area contributed by atoms with E-state index in [9.17, 15) is 9.59 Å². The summed E-state index contributed by atoms with van der Waals surface area (Å²) >= 11 is 0. The van der Waals surface area contributed by atoms with Gasteiger partial charge in [0.25, 0.3) is 5.56 Å². The highest BCUT2D eigenvalue weighted by Crippen LogP contribution is 2.16. The predicted molar refractivity (Wildman–Crippen MR) is 121 cm³/mol. The van der Waals surface area contributed by atoms with Crippen LogP contribution in [0.15, 0.2) is 46.1 Å². The Balaban J connectivity index is 1.70. The van der Waals surface area contributed by atoms with Gasteiger partial charge in [-0.2, -0.15) is 4.98 Å². The van der Waals surface area contributed by atoms with E-state index in [0.29, 0.717) is 43.1 Å². The van der Waals surface area contributed by atoms with Crippen LogP contribution in [-0.2, 0) is 31.3 Å². The van der Waals surface area contributed by atoms with Gasteiger partial charge in [-0.3, -0.25) is 18.3 Å². The van der Waals surface area contributed by atoms with E-state index < -0.39 is 0 Å². The fourth-order valence-corrected chi connectivity index (χ4v) is 4.08. The third kappa shape index (κ3) is 3.95. The maximum atomic E-state index is 13.3. The van der Waals surface area contributed by atoms with E-state index in [-0.39, 0.29) is 11.2 Å². The maximum absolute atomic E-state index is 13.3. The van der Waals surface area contributed by atoms with Crippen molar-refractivity contribution >= 4 is 16.9 Å². The summed E-state index contributed by atoms with van der Waals surface area (Å²) in [5.74, 6) is 0.679. The zero-order valence-electron chi connectivity index (χ0n) is 18.4. The molecule has 3 heterocycles. The summed E-state index contributed by atoms with van der Waals surface area (Å²) in [4.78, 5) is 30.9. The minimum Gasteiger partial charge on any atom is -0.382 e. The molecule has 0 spiro atoms. The minimum atomic E-state index is -0.328. The molecule has 0 aliphatic rings. The van der Waals surface area contributed by atoms with Crippen LogP contribution >= 0.6 is 0 Å². The van der Waals surface area contributed by atoms with E-state index in [4.69, 9.17) is 4.74 Å². The molecule has 8 nitrogen and oxygen atoms in total. The molecule has 0 amide bonds. The van der Waals surface area contributed by atoms with Crippen molar-refractivity contribution in [3.8, 4) is 0 Å². The molecule has 31 heavy (non-hydrogen) atoms. The zero-order valence-corrected chi connectivity index (χ0v) is 18.4. The van der Waals surface area contributed by atoms with Gasteiger partial charge in [0.15, 0.2) is 11.2 Å². The third-order valence-electron chi connectivity index (χ3n) is 5.70. The van der Waals surface area contributed by atoms with Crippen LogP contribution in [0.4, 0.5) is 0 Å². The van der Waals surface area contributed by atoms with Gasteiger partial charge >= 0.3 is 5.69 Å². The Bertz CT molecular complexity index is 1310. The molecule has 0 fully saturated rings. The molecule has 164 valence electrons. The van der Waals surface area contributed by atoms with E-state index in [0.717, 1.165) is 25.1 Å². The Labute approximate surface area is 180 Å². The lowest BCUT2D eigenvalue weighted by molar-refractivity contribution is 0.142. The summed E-state index contributed by atoms with van der Waals surface area (Å²) in [6.45, 7) is 6.46. The zero-order chi connectivity index (χ0) is 22.0. The topological polar surface area (TPSA) is 75.5 Å². The van der Waals surface area contributed by atoms with Crippen molar-refractivity contribution in [3.63, 3.8) is 0 Å². The van der Waals surface area contributed by atoms with Gasteiger partial charge in [0, 0.05) is 45.2 Å². The van der Waals surface area contributed by atoms with Crippen LogP contribution in [0, 0.1) is 6.92 Å². The van der Waals surface area contributed by atoms with Crippen LogP contribution in [0.5, 0.6) is 0 Å². The van der Waals surface area contributed by atoms with E-state index in [1.165, 1.54) is 14.7 Å². The van der Waals surface area contributed by atoms with Gasteiger partial charge < -0.3 is 9.30 Å². The monoisotopic (exact) mass is 423 g/mol. The SMILES string of the molecule is CCOCCCn1c(C)cn2c3c(=O)n(CCCc4ccccc4)c(=O)n(C)c3nc12. The fraction of sp³-hybridized carbons (Fsp3) is 0.435. The Hall–Kier alpha value is -3.13. The summed E-state index contributed by atoms with van der Waals surface area (Å²) in [5, 5.41) is 0. The van der Waals surface area contributed by atoms with Gasteiger partial charge in [-0.15, -0.1) is 0 Å². The predicted octanol–water partition coefficient (Wildman–Crippen LogP) is 2.52. The highest BCUT2D eigenvalue weighted by Gasteiger charge is 2.20. The van der Waals surface area contributed by atoms with Crippen LogP contribution in [0.3, 0.4) is 0 Å². The highest BCUT2D eigenvalue weighted by atomic mass is 16.5. The molecule has 4 aromatic rings. The second-order valence-electron chi connectivity index (χ2n) is 7.81. The lowest BCUT2D eigenvalue weighted by Crippen LogP contribution is -2.39. The molecule has 1 aromatic carbocycles. The molecular weight excluding hydrogens is 394 g/mol. The minimum absolute atomic E-state index is 0.287. The average molecular weight is 424 g/mol. The van der Waals surface area contributed by atoms with Crippen molar-refractivity contribution in [1.29, 1.82) is 0 Å². The van der Waals surface area contributed by atoms with Crippen LogP contribution < -0.4 is 11.2 Å². The molecule has 0 N–H and O–H groups in total. The molecule has 4 rings (SSSR count). The number of hydrogen-bond donors (Lipinski definition) is 0. The molecule has 0 saturated carbocycles. The Morgan fingerprint density at radius 1 is 1.03 bits per heavy atom. The summed E-state index contributed by atoms with van der Waals surface area (Å²) in [6.07, 6.45) is 4.30. The summed E-state index contributed by atoms with van der Waals surface area (Å²) in [5.41, 5.74) is 2.46. The molecule has 8 heteroatoms. The first-order valence-electron chi connectivity index (χ1n) is 10.8.